The highest BCUT2D eigenvalue weighted by Crippen LogP contribution is 2.19. The molecule has 17 heavy (non-hydrogen) atoms. The predicted molar refractivity (Wildman–Crippen MR) is 69.9 cm³/mol. The van der Waals surface area contributed by atoms with Gasteiger partial charge in [0.05, 0.1) is 12.0 Å². The lowest BCUT2D eigenvalue weighted by Crippen LogP contribution is -2.25. The van der Waals surface area contributed by atoms with Crippen LogP contribution >= 0.6 is 0 Å². The van der Waals surface area contributed by atoms with E-state index in [0.29, 0.717) is 6.04 Å². The van der Waals surface area contributed by atoms with Crippen molar-refractivity contribution in [2.75, 3.05) is 26.7 Å². The Labute approximate surface area is 104 Å². The third-order valence-electron chi connectivity index (χ3n) is 3.55. The molecule has 0 saturated carbocycles. The lowest BCUT2D eigenvalue weighted by Gasteiger charge is -2.18. The van der Waals surface area contributed by atoms with Crippen molar-refractivity contribution in [2.45, 2.75) is 32.9 Å². The summed E-state index contributed by atoms with van der Waals surface area (Å²) >= 11 is 0. The summed E-state index contributed by atoms with van der Waals surface area (Å²) in [7, 11) is 2.04. The summed E-state index contributed by atoms with van der Waals surface area (Å²) < 4.78 is 2.27. The molecule has 0 amide bonds. The molecule has 0 bridgehead atoms. The Morgan fingerprint density at radius 3 is 3.06 bits per heavy atom. The SMILES string of the molecule is CNCC1CCN(Cc2cncn2C(C)C)C1. The zero-order valence-corrected chi connectivity index (χ0v) is 11.2. The second kappa shape index (κ2) is 5.65. The van der Waals surface area contributed by atoms with Crippen LogP contribution in [0.1, 0.15) is 32.0 Å². The van der Waals surface area contributed by atoms with E-state index in [1.54, 1.807) is 0 Å². The fourth-order valence-corrected chi connectivity index (χ4v) is 2.66. The van der Waals surface area contributed by atoms with Gasteiger partial charge in [-0.25, -0.2) is 4.98 Å². The first kappa shape index (κ1) is 12.6. The molecule has 0 aliphatic carbocycles. The second-order valence-electron chi connectivity index (χ2n) is 5.33. The topological polar surface area (TPSA) is 33.1 Å². The Balaban J connectivity index is 1.91. The minimum atomic E-state index is 0.503. The van der Waals surface area contributed by atoms with Crippen molar-refractivity contribution in [3.63, 3.8) is 0 Å². The molecule has 1 atom stereocenters. The monoisotopic (exact) mass is 236 g/mol. The molecule has 1 aliphatic rings. The van der Waals surface area contributed by atoms with Gasteiger partial charge in [0.15, 0.2) is 0 Å². The lowest BCUT2D eigenvalue weighted by atomic mass is 10.1. The van der Waals surface area contributed by atoms with E-state index in [1.165, 1.54) is 25.2 Å². The average molecular weight is 236 g/mol. The van der Waals surface area contributed by atoms with Gasteiger partial charge in [0, 0.05) is 25.3 Å². The van der Waals surface area contributed by atoms with E-state index in [-0.39, 0.29) is 0 Å². The summed E-state index contributed by atoms with van der Waals surface area (Å²) in [6.07, 6.45) is 5.27. The molecule has 1 fully saturated rings. The first-order valence-corrected chi connectivity index (χ1v) is 6.58. The van der Waals surface area contributed by atoms with Crippen LogP contribution in [0.25, 0.3) is 0 Å². The lowest BCUT2D eigenvalue weighted by molar-refractivity contribution is 0.304. The van der Waals surface area contributed by atoms with Gasteiger partial charge in [0.25, 0.3) is 0 Å². The van der Waals surface area contributed by atoms with Gasteiger partial charge in [0.2, 0.25) is 0 Å². The summed E-state index contributed by atoms with van der Waals surface area (Å²) in [5, 5.41) is 3.27. The van der Waals surface area contributed by atoms with Gasteiger partial charge in [-0.05, 0) is 46.3 Å². The molecule has 0 spiro atoms. The predicted octanol–water partition coefficient (Wildman–Crippen LogP) is 1.51. The maximum Gasteiger partial charge on any atom is 0.0951 e. The van der Waals surface area contributed by atoms with Crippen molar-refractivity contribution >= 4 is 0 Å². The molecular formula is C13H24N4. The molecule has 4 nitrogen and oxygen atoms in total. The van der Waals surface area contributed by atoms with Gasteiger partial charge in [-0.3, -0.25) is 4.90 Å². The van der Waals surface area contributed by atoms with Crippen LogP contribution in [0, 0.1) is 5.92 Å². The summed E-state index contributed by atoms with van der Waals surface area (Å²) in [5.41, 5.74) is 1.34. The van der Waals surface area contributed by atoms with Gasteiger partial charge < -0.3 is 9.88 Å². The van der Waals surface area contributed by atoms with E-state index < -0.39 is 0 Å². The van der Waals surface area contributed by atoms with E-state index in [1.807, 2.05) is 19.6 Å². The fraction of sp³-hybridized carbons (Fsp3) is 0.769. The summed E-state index contributed by atoms with van der Waals surface area (Å²) in [6.45, 7) is 9.02. The Hall–Kier alpha value is -0.870. The highest BCUT2D eigenvalue weighted by molar-refractivity contribution is 5.00. The van der Waals surface area contributed by atoms with Crippen LogP contribution < -0.4 is 5.32 Å². The van der Waals surface area contributed by atoms with E-state index in [4.69, 9.17) is 0 Å². The largest absolute Gasteiger partial charge is 0.331 e. The van der Waals surface area contributed by atoms with Gasteiger partial charge in [-0.1, -0.05) is 0 Å². The van der Waals surface area contributed by atoms with Crippen molar-refractivity contribution < 1.29 is 0 Å². The average Bonchev–Trinajstić information content (AvgIpc) is 2.89. The number of hydrogen-bond donors (Lipinski definition) is 1. The van der Waals surface area contributed by atoms with Gasteiger partial charge in [-0.2, -0.15) is 0 Å². The van der Waals surface area contributed by atoms with Crippen LogP contribution in [0.2, 0.25) is 0 Å². The zero-order valence-electron chi connectivity index (χ0n) is 11.2. The molecule has 0 radical (unpaired) electrons. The van der Waals surface area contributed by atoms with Crippen molar-refractivity contribution in [3.8, 4) is 0 Å². The third kappa shape index (κ3) is 3.07. The molecule has 1 aliphatic heterocycles. The number of likely N-dealkylation sites (tertiary alicyclic amines) is 1. The Morgan fingerprint density at radius 1 is 1.53 bits per heavy atom. The minimum absolute atomic E-state index is 0.503. The number of rotatable bonds is 5. The van der Waals surface area contributed by atoms with E-state index >= 15 is 0 Å². The molecule has 0 aromatic carbocycles. The van der Waals surface area contributed by atoms with Crippen molar-refractivity contribution in [1.82, 2.24) is 19.8 Å². The van der Waals surface area contributed by atoms with E-state index in [9.17, 15) is 0 Å². The quantitative estimate of drug-likeness (QED) is 0.841. The molecule has 1 aromatic heterocycles. The van der Waals surface area contributed by atoms with Crippen LogP contribution in [0.15, 0.2) is 12.5 Å². The number of imidazole rings is 1. The molecule has 4 heteroatoms. The molecule has 1 saturated heterocycles. The molecule has 1 aromatic rings. The van der Waals surface area contributed by atoms with Crippen LogP contribution in [0.4, 0.5) is 0 Å². The first-order valence-electron chi connectivity index (χ1n) is 6.58. The third-order valence-corrected chi connectivity index (χ3v) is 3.55. The first-order chi connectivity index (χ1) is 8.20. The number of nitrogens with one attached hydrogen (secondary N) is 1. The Morgan fingerprint density at radius 2 is 2.35 bits per heavy atom. The summed E-state index contributed by atoms with van der Waals surface area (Å²) in [6, 6.07) is 0.503. The summed E-state index contributed by atoms with van der Waals surface area (Å²) in [5.74, 6) is 0.815. The standard InChI is InChI=1S/C13H24N4/c1-11(2)17-10-15-7-13(17)9-16-5-4-12(8-16)6-14-3/h7,10-12,14H,4-6,8-9H2,1-3H3. The molecule has 1 N–H and O–H groups in total. The van der Waals surface area contributed by atoms with Gasteiger partial charge in [0.1, 0.15) is 0 Å². The number of aromatic nitrogens is 2. The molecule has 96 valence electrons. The maximum absolute atomic E-state index is 4.26. The highest BCUT2D eigenvalue weighted by atomic mass is 15.2. The van der Waals surface area contributed by atoms with Gasteiger partial charge in [-0.15, -0.1) is 0 Å². The second-order valence-corrected chi connectivity index (χ2v) is 5.33. The molecule has 1 unspecified atom stereocenters. The van der Waals surface area contributed by atoms with Crippen LogP contribution in [-0.4, -0.2) is 41.1 Å². The van der Waals surface area contributed by atoms with Crippen LogP contribution in [0.5, 0.6) is 0 Å². The van der Waals surface area contributed by atoms with Gasteiger partial charge >= 0.3 is 0 Å². The Kier molecular flexibility index (Phi) is 4.18. The fourth-order valence-electron chi connectivity index (χ4n) is 2.66. The highest BCUT2D eigenvalue weighted by Gasteiger charge is 2.22. The van der Waals surface area contributed by atoms with Crippen LogP contribution in [0.3, 0.4) is 0 Å². The Bertz CT molecular complexity index is 345. The zero-order chi connectivity index (χ0) is 12.3. The molecule has 2 rings (SSSR count). The van der Waals surface area contributed by atoms with E-state index in [0.717, 1.165) is 19.0 Å². The van der Waals surface area contributed by atoms with Crippen molar-refractivity contribution in [3.05, 3.63) is 18.2 Å². The number of nitrogens with zero attached hydrogens (tertiary/aromatic N) is 3. The number of hydrogen-bond acceptors (Lipinski definition) is 3. The molecule has 2 heterocycles. The van der Waals surface area contributed by atoms with E-state index in [2.05, 4.69) is 33.6 Å². The van der Waals surface area contributed by atoms with Crippen molar-refractivity contribution in [2.24, 2.45) is 5.92 Å². The maximum atomic E-state index is 4.26. The van der Waals surface area contributed by atoms with Crippen LogP contribution in [-0.2, 0) is 6.54 Å². The summed E-state index contributed by atoms with van der Waals surface area (Å²) in [4.78, 5) is 6.80. The van der Waals surface area contributed by atoms with Crippen molar-refractivity contribution in [1.29, 1.82) is 0 Å². The smallest absolute Gasteiger partial charge is 0.0951 e. The minimum Gasteiger partial charge on any atom is -0.331 e. The molecular weight excluding hydrogens is 212 g/mol. The normalized spacial score (nSPS) is 21.5.